The number of rotatable bonds is 6. The fourth-order valence-electron chi connectivity index (χ4n) is 1.75. The number of hydrogen-bond donors (Lipinski definition) is 2. The van der Waals surface area contributed by atoms with Gasteiger partial charge in [-0.15, -0.1) is 0 Å². The van der Waals surface area contributed by atoms with E-state index >= 15 is 0 Å². The lowest BCUT2D eigenvalue weighted by Crippen LogP contribution is -2.25. The van der Waals surface area contributed by atoms with Gasteiger partial charge in [0, 0.05) is 24.2 Å². The molecule has 0 bridgehead atoms. The van der Waals surface area contributed by atoms with Crippen LogP contribution in [0.1, 0.15) is 31.9 Å². The zero-order valence-electron chi connectivity index (χ0n) is 10.4. The highest BCUT2D eigenvalue weighted by Crippen LogP contribution is 2.29. The molecule has 1 aromatic rings. The maximum Gasteiger partial charge on any atom is 0.0762 e. The fraction of sp³-hybridized carbons (Fsp3) is 0.538. The number of aliphatic hydroxyl groups excluding tert-OH is 2. The molecule has 2 N–H and O–H groups in total. The van der Waals surface area contributed by atoms with E-state index in [4.69, 9.17) is 5.11 Å². The van der Waals surface area contributed by atoms with E-state index < -0.39 is 6.10 Å². The number of hydrogen-bond acceptors (Lipinski definition) is 3. The minimum atomic E-state index is -0.451. The minimum Gasteiger partial charge on any atom is -0.396 e. The van der Waals surface area contributed by atoms with Gasteiger partial charge in [-0.25, -0.2) is 0 Å². The van der Waals surface area contributed by atoms with E-state index in [1.54, 1.807) is 6.92 Å². The second kappa shape index (κ2) is 6.99. The van der Waals surface area contributed by atoms with Crippen LogP contribution in [0.15, 0.2) is 22.7 Å². The summed E-state index contributed by atoms with van der Waals surface area (Å²) in [5, 5.41) is 18.4. The summed E-state index contributed by atoms with van der Waals surface area (Å²) in [6, 6.07) is 5.89. The largest absolute Gasteiger partial charge is 0.396 e. The van der Waals surface area contributed by atoms with Crippen molar-refractivity contribution in [2.45, 2.75) is 26.4 Å². The van der Waals surface area contributed by atoms with Gasteiger partial charge in [-0.1, -0.05) is 6.07 Å². The first kappa shape index (κ1) is 14.5. The summed E-state index contributed by atoms with van der Waals surface area (Å²) in [5.74, 6) is 0. The van der Waals surface area contributed by atoms with Crippen LogP contribution < -0.4 is 4.90 Å². The smallest absolute Gasteiger partial charge is 0.0762 e. The number of aliphatic hydroxyl groups is 2. The van der Waals surface area contributed by atoms with Crippen molar-refractivity contribution in [1.82, 2.24) is 0 Å². The predicted octanol–water partition coefficient (Wildman–Crippen LogP) is 2.71. The molecule has 0 heterocycles. The molecule has 0 unspecified atom stereocenters. The lowest BCUT2D eigenvalue weighted by molar-refractivity contribution is 0.199. The Kier molecular flexibility index (Phi) is 5.95. The number of nitrogens with zero attached hydrogens (tertiary/aromatic N) is 1. The van der Waals surface area contributed by atoms with Gasteiger partial charge in [0.25, 0.3) is 0 Å². The summed E-state index contributed by atoms with van der Waals surface area (Å²) >= 11 is 3.53. The van der Waals surface area contributed by atoms with Crippen LogP contribution in [0.4, 0.5) is 5.69 Å². The molecule has 3 nitrogen and oxygen atoms in total. The maximum absolute atomic E-state index is 9.51. The first-order valence-electron chi connectivity index (χ1n) is 5.93. The van der Waals surface area contributed by atoms with Gasteiger partial charge in [0.15, 0.2) is 0 Å². The van der Waals surface area contributed by atoms with Crippen molar-refractivity contribution in [1.29, 1.82) is 0 Å². The lowest BCUT2D eigenvalue weighted by atomic mass is 10.1. The van der Waals surface area contributed by atoms with Crippen molar-refractivity contribution in [2.75, 3.05) is 24.6 Å². The molecule has 0 aliphatic heterocycles. The average molecular weight is 302 g/mol. The zero-order valence-corrected chi connectivity index (χ0v) is 11.9. The minimum absolute atomic E-state index is 0.208. The second-order valence-corrected chi connectivity index (χ2v) is 4.90. The Bertz CT molecular complexity index is 355. The molecule has 1 atom stereocenters. The SMILES string of the molecule is CCN(CCCO)c1ccc([C@@H](C)O)cc1Br. The molecule has 0 amide bonds. The normalized spacial score (nSPS) is 12.5. The van der Waals surface area contributed by atoms with E-state index in [1.165, 1.54) is 0 Å². The molecular weight excluding hydrogens is 282 g/mol. The van der Waals surface area contributed by atoms with Gasteiger partial charge in [0.1, 0.15) is 0 Å². The van der Waals surface area contributed by atoms with E-state index in [2.05, 4.69) is 27.8 Å². The van der Waals surface area contributed by atoms with Crippen molar-refractivity contribution in [2.24, 2.45) is 0 Å². The molecule has 0 aromatic heterocycles. The van der Waals surface area contributed by atoms with E-state index in [0.29, 0.717) is 0 Å². The molecule has 0 aliphatic rings. The first-order chi connectivity index (χ1) is 8.10. The Morgan fingerprint density at radius 3 is 2.59 bits per heavy atom. The molecule has 0 saturated carbocycles. The van der Waals surface area contributed by atoms with Gasteiger partial charge in [0.2, 0.25) is 0 Å². The third kappa shape index (κ3) is 3.98. The molecule has 4 heteroatoms. The Balaban J connectivity index is 2.88. The summed E-state index contributed by atoms with van der Waals surface area (Å²) in [6.07, 6.45) is 0.311. The molecule has 17 heavy (non-hydrogen) atoms. The van der Waals surface area contributed by atoms with Crippen molar-refractivity contribution in [3.63, 3.8) is 0 Å². The molecule has 0 aliphatic carbocycles. The van der Waals surface area contributed by atoms with Crippen LogP contribution >= 0.6 is 15.9 Å². The average Bonchev–Trinajstić information content (AvgIpc) is 2.31. The zero-order chi connectivity index (χ0) is 12.8. The third-order valence-corrected chi connectivity index (χ3v) is 3.40. The maximum atomic E-state index is 9.51. The number of halogens is 1. The van der Waals surface area contributed by atoms with Gasteiger partial charge in [-0.05, 0) is 53.9 Å². The van der Waals surface area contributed by atoms with Crippen molar-refractivity contribution < 1.29 is 10.2 Å². The molecule has 0 saturated heterocycles. The van der Waals surface area contributed by atoms with Crippen LogP contribution in [0.25, 0.3) is 0 Å². The first-order valence-corrected chi connectivity index (χ1v) is 6.72. The van der Waals surface area contributed by atoms with Crippen LogP contribution in [-0.4, -0.2) is 29.9 Å². The standard InChI is InChI=1S/C13H20BrNO2/c1-3-15(7-4-8-16)13-6-5-11(10(2)17)9-12(13)14/h5-6,9-10,16-17H,3-4,7-8H2,1-2H3/t10-/m1/s1. The van der Waals surface area contributed by atoms with E-state index in [0.717, 1.165) is 35.2 Å². The summed E-state index contributed by atoms with van der Waals surface area (Å²) in [6.45, 7) is 5.78. The highest BCUT2D eigenvalue weighted by molar-refractivity contribution is 9.10. The summed E-state index contributed by atoms with van der Waals surface area (Å²) in [4.78, 5) is 2.20. The van der Waals surface area contributed by atoms with Gasteiger partial charge in [-0.2, -0.15) is 0 Å². The van der Waals surface area contributed by atoms with Gasteiger partial charge in [-0.3, -0.25) is 0 Å². The summed E-state index contributed by atoms with van der Waals surface area (Å²) < 4.78 is 0.982. The predicted molar refractivity (Wildman–Crippen MR) is 74.4 cm³/mol. The molecule has 96 valence electrons. The fourth-order valence-corrected chi connectivity index (χ4v) is 2.40. The topological polar surface area (TPSA) is 43.7 Å². The Labute approximate surface area is 111 Å². The van der Waals surface area contributed by atoms with Crippen LogP contribution in [0.5, 0.6) is 0 Å². The van der Waals surface area contributed by atoms with Gasteiger partial charge < -0.3 is 15.1 Å². The Morgan fingerprint density at radius 2 is 2.12 bits per heavy atom. The highest BCUT2D eigenvalue weighted by atomic mass is 79.9. The van der Waals surface area contributed by atoms with Crippen molar-refractivity contribution >= 4 is 21.6 Å². The number of benzene rings is 1. The summed E-state index contributed by atoms with van der Waals surface area (Å²) in [5.41, 5.74) is 2.00. The van der Waals surface area contributed by atoms with Crippen LogP contribution in [-0.2, 0) is 0 Å². The quantitative estimate of drug-likeness (QED) is 0.849. The lowest BCUT2D eigenvalue weighted by Gasteiger charge is -2.24. The van der Waals surface area contributed by atoms with Crippen molar-refractivity contribution in [3.05, 3.63) is 28.2 Å². The van der Waals surface area contributed by atoms with Gasteiger partial charge >= 0.3 is 0 Å². The van der Waals surface area contributed by atoms with Crippen LogP contribution in [0.3, 0.4) is 0 Å². The summed E-state index contributed by atoms with van der Waals surface area (Å²) in [7, 11) is 0. The molecule has 1 aromatic carbocycles. The Hall–Kier alpha value is -0.580. The highest BCUT2D eigenvalue weighted by Gasteiger charge is 2.10. The second-order valence-electron chi connectivity index (χ2n) is 4.04. The monoisotopic (exact) mass is 301 g/mol. The molecule has 1 rings (SSSR count). The van der Waals surface area contributed by atoms with E-state index in [9.17, 15) is 5.11 Å². The van der Waals surface area contributed by atoms with Crippen LogP contribution in [0.2, 0.25) is 0 Å². The Morgan fingerprint density at radius 1 is 1.41 bits per heavy atom. The third-order valence-electron chi connectivity index (χ3n) is 2.76. The molecule has 0 spiro atoms. The number of anilines is 1. The van der Waals surface area contributed by atoms with Gasteiger partial charge in [0.05, 0.1) is 11.8 Å². The van der Waals surface area contributed by atoms with Crippen molar-refractivity contribution in [3.8, 4) is 0 Å². The van der Waals surface area contributed by atoms with E-state index in [-0.39, 0.29) is 6.61 Å². The van der Waals surface area contributed by atoms with E-state index in [1.807, 2.05) is 18.2 Å². The molecule has 0 fully saturated rings. The molecule has 0 radical (unpaired) electrons. The molecular formula is C13H20BrNO2. The van der Waals surface area contributed by atoms with Crippen LogP contribution in [0, 0.1) is 0 Å².